The van der Waals surface area contributed by atoms with Gasteiger partial charge in [-0.2, -0.15) is 0 Å². The molecule has 4 rings (SSSR count). The van der Waals surface area contributed by atoms with Gasteiger partial charge in [0.2, 0.25) is 5.91 Å². The number of benzene rings is 2. The quantitative estimate of drug-likeness (QED) is 0.419. The van der Waals surface area contributed by atoms with E-state index in [1.54, 1.807) is 11.0 Å². The third kappa shape index (κ3) is 5.50. The van der Waals surface area contributed by atoms with Gasteiger partial charge in [0.1, 0.15) is 11.4 Å². The van der Waals surface area contributed by atoms with Crippen molar-refractivity contribution in [1.82, 2.24) is 15.5 Å². The number of guanidine groups is 1. The average Bonchev–Trinajstić information content (AvgIpc) is 2.87. The Bertz CT molecular complexity index is 1150. The third-order valence-electron chi connectivity index (χ3n) is 7.83. The van der Waals surface area contributed by atoms with Crippen molar-refractivity contribution >= 4 is 17.8 Å². The smallest absolute Gasteiger partial charge is 0.251 e. The number of ether oxygens (including phenoxy) is 1. The minimum atomic E-state index is -0.394. The molecule has 2 heterocycles. The van der Waals surface area contributed by atoms with Crippen LogP contribution in [0.25, 0.3) is 0 Å². The molecule has 2 aromatic carbocycles. The summed E-state index contributed by atoms with van der Waals surface area (Å²) in [4.78, 5) is 28.4. The monoisotopic (exact) mass is 504 g/mol. The first-order valence-corrected chi connectivity index (χ1v) is 13.5. The molecule has 7 nitrogen and oxygen atoms in total. The molecule has 2 unspecified atom stereocenters. The predicted molar refractivity (Wildman–Crippen MR) is 146 cm³/mol. The largest absolute Gasteiger partial charge is 0.487 e. The maximum Gasteiger partial charge on any atom is 0.251 e. The first-order chi connectivity index (χ1) is 17.6. The van der Waals surface area contributed by atoms with E-state index in [1.807, 2.05) is 56.3 Å². The van der Waals surface area contributed by atoms with Crippen molar-refractivity contribution < 1.29 is 14.3 Å². The van der Waals surface area contributed by atoms with Crippen molar-refractivity contribution in [3.8, 4) is 5.75 Å². The van der Waals surface area contributed by atoms with Crippen LogP contribution in [0.5, 0.6) is 5.75 Å². The molecule has 1 fully saturated rings. The van der Waals surface area contributed by atoms with Gasteiger partial charge in [-0.15, -0.1) is 0 Å². The molecule has 198 valence electrons. The van der Waals surface area contributed by atoms with E-state index in [4.69, 9.17) is 10.1 Å². The number of fused-ring (bicyclic) bond motifs is 1. The average molecular weight is 505 g/mol. The van der Waals surface area contributed by atoms with Gasteiger partial charge in [0, 0.05) is 23.1 Å². The zero-order valence-corrected chi connectivity index (χ0v) is 22.7. The summed E-state index contributed by atoms with van der Waals surface area (Å²) < 4.78 is 6.12. The lowest BCUT2D eigenvalue weighted by Crippen LogP contribution is -2.62. The van der Waals surface area contributed by atoms with Crippen molar-refractivity contribution in [2.75, 3.05) is 0 Å². The fraction of sp³-hybridized carbons (Fsp3) is 0.500. The molecule has 37 heavy (non-hydrogen) atoms. The summed E-state index contributed by atoms with van der Waals surface area (Å²) in [6.45, 7) is 10.2. The van der Waals surface area contributed by atoms with Crippen molar-refractivity contribution in [3.63, 3.8) is 0 Å². The number of para-hydroxylation sites is 1. The van der Waals surface area contributed by atoms with Crippen molar-refractivity contribution in [1.29, 1.82) is 5.41 Å². The Hall–Kier alpha value is -3.35. The number of amides is 2. The fourth-order valence-electron chi connectivity index (χ4n) is 5.64. The Morgan fingerprint density at radius 3 is 2.57 bits per heavy atom. The minimum Gasteiger partial charge on any atom is -0.487 e. The molecule has 2 aromatic rings. The second kappa shape index (κ2) is 10.6. The van der Waals surface area contributed by atoms with Crippen LogP contribution in [0.1, 0.15) is 107 Å². The van der Waals surface area contributed by atoms with Gasteiger partial charge in [0.05, 0.1) is 18.5 Å². The molecular formula is C30H40N4O3. The maximum atomic E-state index is 13.4. The highest BCUT2D eigenvalue weighted by Gasteiger charge is 2.42. The Balaban J connectivity index is 1.58. The van der Waals surface area contributed by atoms with Crippen LogP contribution >= 0.6 is 0 Å². The van der Waals surface area contributed by atoms with Crippen LogP contribution in [-0.2, 0) is 4.79 Å². The second-order valence-corrected chi connectivity index (χ2v) is 11.0. The highest BCUT2D eigenvalue weighted by atomic mass is 16.5. The SMILES string of the molecule is CCCC(c1cccc(C(=O)NC2CC(C)(C)Oc3ccccc32)c1)N1C(=N)NC(CC)(CC)CC1=O. The van der Waals surface area contributed by atoms with E-state index < -0.39 is 5.60 Å². The predicted octanol–water partition coefficient (Wildman–Crippen LogP) is 5.88. The molecule has 0 aromatic heterocycles. The van der Waals surface area contributed by atoms with Crippen molar-refractivity contribution in [3.05, 3.63) is 65.2 Å². The van der Waals surface area contributed by atoms with Crippen LogP contribution in [0, 0.1) is 5.41 Å². The zero-order valence-electron chi connectivity index (χ0n) is 22.7. The molecule has 2 aliphatic rings. The number of nitrogens with one attached hydrogen (secondary N) is 3. The zero-order chi connectivity index (χ0) is 26.8. The third-order valence-corrected chi connectivity index (χ3v) is 7.83. The van der Waals surface area contributed by atoms with Gasteiger partial charge in [-0.25, -0.2) is 0 Å². The molecule has 7 heteroatoms. The van der Waals surface area contributed by atoms with Crippen LogP contribution in [0.4, 0.5) is 0 Å². The van der Waals surface area contributed by atoms with E-state index in [-0.39, 0.29) is 35.4 Å². The number of hydrogen-bond acceptors (Lipinski definition) is 4. The van der Waals surface area contributed by atoms with Crippen LogP contribution in [-0.4, -0.2) is 33.8 Å². The Morgan fingerprint density at radius 1 is 1.16 bits per heavy atom. The fourth-order valence-corrected chi connectivity index (χ4v) is 5.64. The van der Waals surface area contributed by atoms with E-state index in [1.165, 1.54) is 0 Å². The number of rotatable bonds is 8. The van der Waals surface area contributed by atoms with E-state index in [9.17, 15) is 9.59 Å². The summed E-state index contributed by atoms with van der Waals surface area (Å²) in [6.07, 6.45) is 4.14. The van der Waals surface area contributed by atoms with Gasteiger partial charge in [-0.05, 0) is 56.9 Å². The molecule has 3 N–H and O–H groups in total. The van der Waals surface area contributed by atoms with Gasteiger partial charge in [-0.1, -0.05) is 57.5 Å². The normalized spacial score (nSPS) is 20.9. The van der Waals surface area contributed by atoms with Gasteiger partial charge in [0.15, 0.2) is 5.96 Å². The van der Waals surface area contributed by atoms with Gasteiger partial charge in [-0.3, -0.25) is 19.9 Å². The van der Waals surface area contributed by atoms with Crippen LogP contribution in [0.15, 0.2) is 48.5 Å². The Kier molecular flexibility index (Phi) is 7.62. The Morgan fingerprint density at radius 2 is 1.89 bits per heavy atom. The lowest BCUT2D eigenvalue weighted by atomic mass is 9.85. The van der Waals surface area contributed by atoms with E-state index in [2.05, 4.69) is 31.4 Å². The maximum absolute atomic E-state index is 13.4. The van der Waals surface area contributed by atoms with E-state index in [0.29, 0.717) is 24.8 Å². The number of hydrogen-bond donors (Lipinski definition) is 3. The number of carbonyl (C=O) groups is 2. The molecule has 2 atom stereocenters. The summed E-state index contributed by atoms with van der Waals surface area (Å²) >= 11 is 0. The van der Waals surface area contributed by atoms with Crippen LogP contribution in [0.3, 0.4) is 0 Å². The lowest BCUT2D eigenvalue weighted by molar-refractivity contribution is -0.132. The molecule has 0 radical (unpaired) electrons. The van der Waals surface area contributed by atoms with E-state index in [0.717, 1.165) is 36.1 Å². The first-order valence-electron chi connectivity index (χ1n) is 13.5. The molecule has 0 aliphatic carbocycles. The molecular weight excluding hydrogens is 464 g/mol. The number of nitrogens with zero attached hydrogens (tertiary/aromatic N) is 1. The molecule has 2 aliphatic heterocycles. The Labute approximate surface area is 220 Å². The highest BCUT2D eigenvalue weighted by Crippen LogP contribution is 2.39. The summed E-state index contributed by atoms with van der Waals surface area (Å²) in [6, 6.07) is 14.9. The standard InChI is InChI=1S/C30H40N4O3/c1-6-12-24(34-26(35)19-30(7-2,8-3)33-28(34)31)20-13-11-14-21(17-20)27(36)32-23-18-29(4,5)37-25-16-10-9-15-22(23)25/h9-11,13-17,23-24H,6-8,12,18-19H2,1-5H3,(H2,31,33)(H,32,36). The van der Waals surface area contributed by atoms with Crippen LogP contribution in [0.2, 0.25) is 0 Å². The second-order valence-electron chi connectivity index (χ2n) is 11.0. The molecule has 0 saturated carbocycles. The lowest BCUT2D eigenvalue weighted by Gasteiger charge is -2.45. The highest BCUT2D eigenvalue weighted by molar-refractivity contribution is 6.00. The summed E-state index contributed by atoms with van der Waals surface area (Å²) in [5.41, 5.74) is 1.62. The topological polar surface area (TPSA) is 94.5 Å². The molecule has 0 bridgehead atoms. The summed E-state index contributed by atoms with van der Waals surface area (Å²) in [5, 5.41) is 15.3. The van der Waals surface area contributed by atoms with Crippen molar-refractivity contribution in [2.24, 2.45) is 0 Å². The molecule has 1 saturated heterocycles. The van der Waals surface area contributed by atoms with Gasteiger partial charge < -0.3 is 15.4 Å². The molecule has 2 amide bonds. The summed E-state index contributed by atoms with van der Waals surface area (Å²) in [7, 11) is 0. The first kappa shape index (κ1) is 26.7. The van der Waals surface area contributed by atoms with Crippen molar-refractivity contribution in [2.45, 2.75) is 96.4 Å². The number of carbonyl (C=O) groups excluding carboxylic acids is 2. The van der Waals surface area contributed by atoms with Gasteiger partial charge in [0.25, 0.3) is 5.91 Å². The van der Waals surface area contributed by atoms with E-state index >= 15 is 0 Å². The molecule has 0 spiro atoms. The van der Waals surface area contributed by atoms with Gasteiger partial charge >= 0.3 is 0 Å². The summed E-state index contributed by atoms with van der Waals surface area (Å²) in [5.74, 6) is 0.741. The van der Waals surface area contributed by atoms with Crippen LogP contribution < -0.4 is 15.4 Å². The minimum absolute atomic E-state index is 0.0400.